The molecule has 0 unspecified atom stereocenters. The Balaban J connectivity index is 0.00000160. The summed E-state index contributed by atoms with van der Waals surface area (Å²) in [7, 11) is 0. The molecule has 10 heteroatoms. The van der Waals surface area contributed by atoms with Crippen molar-refractivity contribution in [1.29, 1.82) is 0 Å². The lowest BCUT2D eigenvalue weighted by molar-refractivity contribution is -0.119. The van der Waals surface area contributed by atoms with Crippen molar-refractivity contribution in [2.75, 3.05) is 23.3 Å². The van der Waals surface area contributed by atoms with Gasteiger partial charge in [0.1, 0.15) is 28.9 Å². The lowest BCUT2D eigenvalue weighted by atomic mass is 9.91. The quantitative estimate of drug-likeness (QED) is 0.376. The molecule has 3 aromatic rings. The van der Waals surface area contributed by atoms with Crippen molar-refractivity contribution in [2.24, 2.45) is 11.8 Å². The predicted molar refractivity (Wildman–Crippen MR) is 134 cm³/mol. The minimum Gasteiger partial charge on any atom is -0.350 e. The molecule has 2 saturated carbocycles. The molecule has 1 saturated heterocycles. The molecule has 0 amide bonds. The van der Waals surface area contributed by atoms with Gasteiger partial charge in [-0.05, 0) is 68.0 Å². The van der Waals surface area contributed by atoms with Gasteiger partial charge in [-0.3, -0.25) is 9.89 Å². The van der Waals surface area contributed by atoms with Crippen molar-refractivity contribution >= 4 is 35.0 Å². The molecule has 0 radical (unpaired) electrons. The number of rotatable bonds is 9. The maximum Gasteiger partial charge on any atom is 0.196 e. The first-order valence-corrected chi connectivity index (χ1v) is 12.8. The summed E-state index contributed by atoms with van der Waals surface area (Å²) in [6, 6.07) is 8.48. The van der Waals surface area contributed by atoms with Crippen molar-refractivity contribution in [3.63, 3.8) is 0 Å². The maximum atomic E-state index is 15.0. The van der Waals surface area contributed by atoms with Gasteiger partial charge in [0.15, 0.2) is 11.0 Å². The number of aromatic nitrogens is 4. The highest BCUT2D eigenvalue weighted by atomic mass is 32.2. The number of aromatic amines is 1. The van der Waals surface area contributed by atoms with E-state index in [2.05, 4.69) is 25.5 Å². The summed E-state index contributed by atoms with van der Waals surface area (Å²) in [6.07, 6.45) is 4.04. The average molecular weight is 501 g/mol. The molecule has 3 fully saturated rings. The summed E-state index contributed by atoms with van der Waals surface area (Å²) in [5.74, 6) is 1.76. The van der Waals surface area contributed by atoms with Crippen LogP contribution in [0, 0.1) is 24.6 Å². The number of anilines is 3. The van der Waals surface area contributed by atoms with Gasteiger partial charge in [-0.15, -0.1) is 0 Å². The fourth-order valence-corrected chi connectivity index (χ4v) is 5.27. The van der Waals surface area contributed by atoms with Crippen LogP contribution in [0.3, 0.4) is 0 Å². The minimum atomic E-state index is -1.15. The Kier molecular flexibility index (Phi) is 5.51. The second-order valence-electron chi connectivity index (χ2n) is 9.90. The normalized spacial score (nSPS) is 18.9. The molecule has 0 bridgehead atoms. The summed E-state index contributed by atoms with van der Waals surface area (Å²) in [5.41, 5.74) is 0.424. The van der Waals surface area contributed by atoms with Crippen LogP contribution in [0.1, 0.15) is 39.8 Å². The van der Waals surface area contributed by atoms with Gasteiger partial charge < -0.3 is 10.2 Å². The fourth-order valence-electron chi connectivity index (χ4n) is 4.49. The highest BCUT2D eigenvalue weighted by Crippen LogP contribution is 2.48. The van der Waals surface area contributed by atoms with Gasteiger partial charge in [0, 0.05) is 33.0 Å². The van der Waals surface area contributed by atoms with Crippen molar-refractivity contribution in [1.82, 2.24) is 20.2 Å². The number of halogens is 2. The van der Waals surface area contributed by atoms with E-state index in [0.29, 0.717) is 46.2 Å². The summed E-state index contributed by atoms with van der Waals surface area (Å²) in [6.45, 7) is 2.50. The van der Waals surface area contributed by atoms with Crippen LogP contribution in [0.5, 0.6) is 0 Å². The number of alkyl halides is 1. The van der Waals surface area contributed by atoms with E-state index >= 15 is 0 Å². The molecule has 35 heavy (non-hydrogen) atoms. The first kappa shape index (κ1) is 22.5. The van der Waals surface area contributed by atoms with E-state index in [0.717, 1.165) is 43.1 Å². The third-order valence-corrected chi connectivity index (χ3v) is 7.72. The van der Waals surface area contributed by atoms with Crippen LogP contribution in [-0.4, -0.2) is 44.7 Å². The lowest BCUT2D eigenvalue weighted by Gasteiger charge is -2.45. The summed E-state index contributed by atoms with van der Waals surface area (Å²) in [4.78, 5) is 23.5. The Morgan fingerprint density at radius 1 is 1.20 bits per heavy atom. The molecule has 1 aliphatic heterocycles. The Morgan fingerprint density at radius 2 is 2.00 bits per heavy atom. The molecule has 2 aromatic heterocycles. The van der Waals surface area contributed by atoms with Crippen molar-refractivity contribution < 1.29 is 16.4 Å². The molecule has 1 aromatic carbocycles. The number of carbonyl (C=O) groups excluding carboxylic acids is 1. The Labute approximate surface area is 209 Å². The van der Waals surface area contributed by atoms with Crippen LogP contribution in [0.15, 0.2) is 40.4 Å². The van der Waals surface area contributed by atoms with Gasteiger partial charge in [-0.25, -0.2) is 18.7 Å². The molecule has 0 spiro atoms. The number of ketones is 1. The third kappa shape index (κ3) is 4.89. The molecule has 7 nitrogen and oxygen atoms in total. The SMILES string of the molecule is Cc1cc(Nc2cc(N3CC(F)(C4CC4)C3)nc(Sc3ccc(CC(=O)C4CC4)cc3F)n2)n[nH]1.[HH].[HH]. The Bertz CT molecular complexity index is 1290. The first-order valence-electron chi connectivity index (χ1n) is 12.0. The molecule has 2 aliphatic carbocycles. The molecule has 3 heterocycles. The monoisotopic (exact) mass is 500 g/mol. The molecular weight excluding hydrogens is 470 g/mol. The number of Topliss-reactive ketones (excluding diaryl/α,β-unsaturated/α-hetero) is 1. The standard InChI is InChI=1S/C25H26F2N6OS.2H2/c1-14-8-22(32-31-14)28-21-11-23(33-12-25(27,13-33)17-5-6-17)30-24(29-21)35-20-7-2-15(9-18(20)26)10-19(34)16-3-4-16;;/h2,7-9,11,16-17H,3-6,10,12-13H2,1H3,(H2,28,29,30,31,32);2*1H. The zero-order valence-corrected chi connectivity index (χ0v) is 20.2. The zero-order valence-electron chi connectivity index (χ0n) is 19.4. The largest absolute Gasteiger partial charge is 0.350 e. The molecule has 3 aliphatic rings. The molecule has 2 N–H and O–H groups in total. The van der Waals surface area contributed by atoms with Crippen molar-refractivity contribution in [2.45, 2.75) is 54.7 Å². The number of hydrogen-bond acceptors (Lipinski definition) is 7. The van der Waals surface area contributed by atoms with E-state index in [1.165, 1.54) is 6.07 Å². The number of carbonyl (C=O) groups is 1. The van der Waals surface area contributed by atoms with E-state index in [1.54, 1.807) is 18.2 Å². The first-order chi connectivity index (χ1) is 16.8. The highest BCUT2D eigenvalue weighted by Gasteiger charge is 2.54. The third-order valence-electron chi connectivity index (χ3n) is 6.80. The van der Waals surface area contributed by atoms with Crippen LogP contribution in [-0.2, 0) is 11.2 Å². The Morgan fingerprint density at radius 3 is 2.66 bits per heavy atom. The van der Waals surface area contributed by atoms with Gasteiger partial charge in [-0.1, -0.05) is 6.07 Å². The molecule has 6 rings (SSSR count). The fraction of sp³-hybridized carbons (Fsp3) is 0.440. The number of aryl methyl sites for hydroxylation is 1. The lowest BCUT2D eigenvalue weighted by Crippen LogP contribution is -2.60. The number of nitrogens with zero attached hydrogens (tertiary/aromatic N) is 4. The van der Waals surface area contributed by atoms with Gasteiger partial charge in [-0.2, -0.15) is 5.10 Å². The van der Waals surface area contributed by atoms with Crippen LogP contribution in [0.2, 0.25) is 0 Å². The van der Waals surface area contributed by atoms with Gasteiger partial charge >= 0.3 is 0 Å². The van der Waals surface area contributed by atoms with E-state index in [1.807, 2.05) is 17.9 Å². The minimum absolute atomic E-state index is 0. The van der Waals surface area contributed by atoms with Crippen LogP contribution in [0.4, 0.5) is 26.2 Å². The van der Waals surface area contributed by atoms with Crippen LogP contribution in [0.25, 0.3) is 0 Å². The smallest absolute Gasteiger partial charge is 0.196 e. The van der Waals surface area contributed by atoms with E-state index in [9.17, 15) is 13.6 Å². The van der Waals surface area contributed by atoms with E-state index in [-0.39, 0.29) is 26.9 Å². The molecule has 186 valence electrons. The highest BCUT2D eigenvalue weighted by molar-refractivity contribution is 7.99. The van der Waals surface area contributed by atoms with Gasteiger partial charge in [0.05, 0.1) is 18.0 Å². The van der Waals surface area contributed by atoms with E-state index in [4.69, 9.17) is 0 Å². The van der Waals surface area contributed by atoms with Crippen molar-refractivity contribution in [3.8, 4) is 0 Å². The topological polar surface area (TPSA) is 86.8 Å². The predicted octanol–water partition coefficient (Wildman–Crippen LogP) is 5.49. The summed E-state index contributed by atoms with van der Waals surface area (Å²) < 4.78 is 29.9. The molecule has 0 atom stereocenters. The maximum absolute atomic E-state index is 15.0. The number of benzene rings is 1. The van der Waals surface area contributed by atoms with E-state index < -0.39 is 11.5 Å². The number of nitrogens with one attached hydrogen (secondary N) is 2. The Hall–Kier alpha value is -3.01. The van der Waals surface area contributed by atoms with Crippen molar-refractivity contribution in [3.05, 3.63) is 47.4 Å². The second-order valence-corrected chi connectivity index (χ2v) is 10.9. The summed E-state index contributed by atoms with van der Waals surface area (Å²) in [5, 5.41) is 10.6. The number of H-pyrrole nitrogens is 1. The van der Waals surface area contributed by atoms with Crippen LogP contribution >= 0.6 is 11.8 Å². The number of hydrogen-bond donors (Lipinski definition) is 2. The summed E-state index contributed by atoms with van der Waals surface area (Å²) >= 11 is 1.10. The molecular formula is C25H30F2N6OS. The second kappa shape index (κ2) is 8.58. The van der Waals surface area contributed by atoms with Crippen LogP contribution < -0.4 is 10.2 Å². The average Bonchev–Trinajstić information content (AvgIpc) is 3.71. The zero-order chi connectivity index (χ0) is 24.2. The van der Waals surface area contributed by atoms with Gasteiger partial charge in [0.2, 0.25) is 0 Å². The van der Waals surface area contributed by atoms with Gasteiger partial charge in [0.25, 0.3) is 0 Å².